The highest BCUT2D eigenvalue weighted by Gasteiger charge is 2.41. The van der Waals surface area contributed by atoms with E-state index >= 15 is 0 Å². The fourth-order valence-electron chi connectivity index (χ4n) is 1.71. The topological polar surface area (TPSA) is 46.3 Å². The summed E-state index contributed by atoms with van der Waals surface area (Å²) in [6.45, 7) is 7.51. The van der Waals surface area contributed by atoms with E-state index in [1.54, 1.807) is 25.2 Å². The van der Waals surface area contributed by atoms with Crippen molar-refractivity contribution >= 4 is 5.91 Å². The number of hydrogen-bond acceptors (Lipinski definition) is 2. The lowest BCUT2D eigenvalue weighted by atomic mass is 9.74. The second-order valence-electron chi connectivity index (χ2n) is 6.10. The fourth-order valence-corrected chi connectivity index (χ4v) is 1.71. The summed E-state index contributed by atoms with van der Waals surface area (Å²) in [6.07, 6.45) is 0. The van der Waals surface area contributed by atoms with Crippen molar-refractivity contribution in [3.8, 4) is 0 Å². The molecule has 0 spiro atoms. The first kappa shape index (κ1) is 15.6. The summed E-state index contributed by atoms with van der Waals surface area (Å²) in [6, 6.07) is 6.47. The highest BCUT2D eigenvalue weighted by Crippen LogP contribution is 2.30. The van der Waals surface area contributed by atoms with Gasteiger partial charge < -0.3 is 10.6 Å². The molecular formula is C15H23FN2O. The largest absolute Gasteiger partial charge is 0.341 e. The van der Waals surface area contributed by atoms with Gasteiger partial charge in [-0.15, -0.1) is 0 Å². The fraction of sp³-hybridized carbons (Fsp3) is 0.533. The molecule has 0 aliphatic carbocycles. The van der Waals surface area contributed by atoms with Crippen LogP contribution in [-0.4, -0.2) is 23.4 Å². The van der Waals surface area contributed by atoms with E-state index in [0.717, 1.165) is 0 Å². The monoisotopic (exact) mass is 266 g/mol. The number of rotatable bonds is 4. The van der Waals surface area contributed by atoms with E-state index in [0.29, 0.717) is 5.56 Å². The Morgan fingerprint density at radius 1 is 1.26 bits per heavy atom. The quantitative estimate of drug-likeness (QED) is 0.910. The number of amides is 1. The Kier molecular flexibility index (Phi) is 4.35. The van der Waals surface area contributed by atoms with E-state index in [4.69, 9.17) is 5.73 Å². The van der Waals surface area contributed by atoms with Gasteiger partial charge in [0.05, 0.1) is 5.41 Å². The first-order valence-corrected chi connectivity index (χ1v) is 6.35. The van der Waals surface area contributed by atoms with Crippen molar-refractivity contribution in [2.45, 2.75) is 39.8 Å². The highest BCUT2D eigenvalue weighted by atomic mass is 19.1. The van der Waals surface area contributed by atoms with Gasteiger partial charge in [0.2, 0.25) is 5.91 Å². The van der Waals surface area contributed by atoms with Crippen LogP contribution in [0.2, 0.25) is 0 Å². The zero-order valence-corrected chi connectivity index (χ0v) is 12.3. The maximum Gasteiger partial charge on any atom is 0.230 e. The van der Waals surface area contributed by atoms with Crippen molar-refractivity contribution < 1.29 is 9.18 Å². The first-order valence-electron chi connectivity index (χ1n) is 6.35. The molecule has 1 amide bonds. The molecule has 2 N–H and O–H groups in total. The lowest BCUT2D eigenvalue weighted by Crippen LogP contribution is -2.55. The molecule has 0 radical (unpaired) electrons. The second-order valence-corrected chi connectivity index (χ2v) is 6.10. The van der Waals surface area contributed by atoms with Gasteiger partial charge in [0.1, 0.15) is 5.82 Å². The van der Waals surface area contributed by atoms with Crippen LogP contribution in [0.3, 0.4) is 0 Å². The van der Waals surface area contributed by atoms with Crippen LogP contribution in [0.5, 0.6) is 0 Å². The van der Waals surface area contributed by atoms with Crippen molar-refractivity contribution in [3.05, 3.63) is 35.6 Å². The highest BCUT2D eigenvalue weighted by molar-refractivity contribution is 5.83. The third kappa shape index (κ3) is 3.32. The van der Waals surface area contributed by atoms with Crippen LogP contribution < -0.4 is 5.73 Å². The van der Waals surface area contributed by atoms with E-state index in [1.807, 2.05) is 27.7 Å². The van der Waals surface area contributed by atoms with Crippen LogP contribution in [0.4, 0.5) is 4.39 Å². The van der Waals surface area contributed by atoms with Crippen LogP contribution in [0.1, 0.15) is 33.3 Å². The predicted octanol–water partition coefficient (Wildman–Crippen LogP) is 2.55. The Morgan fingerprint density at radius 2 is 1.79 bits per heavy atom. The number of nitrogens with zero attached hydrogens (tertiary/aromatic N) is 1. The number of nitrogens with two attached hydrogens (primary N) is 1. The van der Waals surface area contributed by atoms with Gasteiger partial charge in [-0.05, 0) is 33.8 Å². The van der Waals surface area contributed by atoms with Gasteiger partial charge in [0.25, 0.3) is 0 Å². The van der Waals surface area contributed by atoms with Gasteiger partial charge in [-0.2, -0.15) is 0 Å². The Balaban J connectivity index is 2.88. The second kappa shape index (κ2) is 5.29. The van der Waals surface area contributed by atoms with Gasteiger partial charge in [-0.25, -0.2) is 4.39 Å². The molecule has 0 fully saturated rings. The van der Waals surface area contributed by atoms with E-state index in [-0.39, 0.29) is 18.3 Å². The summed E-state index contributed by atoms with van der Waals surface area (Å²) >= 11 is 0. The minimum Gasteiger partial charge on any atom is -0.341 e. The van der Waals surface area contributed by atoms with Crippen LogP contribution in [0.15, 0.2) is 24.3 Å². The normalized spacial score (nSPS) is 12.4. The summed E-state index contributed by atoms with van der Waals surface area (Å²) in [4.78, 5) is 14.0. The van der Waals surface area contributed by atoms with Crippen molar-refractivity contribution in [1.29, 1.82) is 0 Å². The summed E-state index contributed by atoms with van der Waals surface area (Å²) in [5, 5.41) is 0. The molecule has 1 aromatic rings. The maximum absolute atomic E-state index is 13.6. The third-order valence-electron chi connectivity index (χ3n) is 3.86. The number of halogens is 1. The Bertz CT molecular complexity index is 463. The predicted molar refractivity (Wildman–Crippen MR) is 74.9 cm³/mol. The van der Waals surface area contributed by atoms with Gasteiger partial charge in [0, 0.05) is 24.7 Å². The van der Waals surface area contributed by atoms with Crippen LogP contribution in [0.25, 0.3) is 0 Å². The van der Waals surface area contributed by atoms with E-state index in [1.165, 1.54) is 11.0 Å². The minimum atomic E-state index is -0.715. The third-order valence-corrected chi connectivity index (χ3v) is 3.86. The van der Waals surface area contributed by atoms with Crippen molar-refractivity contribution in [1.82, 2.24) is 4.90 Å². The van der Waals surface area contributed by atoms with Crippen LogP contribution >= 0.6 is 0 Å². The van der Waals surface area contributed by atoms with Crippen molar-refractivity contribution in [3.63, 3.8) is 0 Å². The summed E-state index contributed by atoms with van der Waals surface area (Å²) in [5.41, 5.74) is 5.20. The van der Waals surface area contributed by atoms with E-state index in [2.05, 4.69) is 0 Å². The number of carbonyl (C=O) groups is 1. The van der Waals surface area contributed by atoms with Crippen LogP contribution in [-0.2, 0) is 11.3 Å². The van der Waals surface area contributed by atoms with Gasteiger partial charge in [-0.1, -0.05) is 18.2 Å². The zero-order chi connectivity index (χ0) is 14.8. The number of hydrogen-bond donors (Lipinski definition) is 1. The molecule has 0 saturated heterocycles. The molecule has 106 valence electrons. The van der Waals surface area contributed by atoms with Crippen molar-refractivity contribution in [2.24, 2.45) is 11.1 Å². The van der Waals surface area contributed by atoms with E-state index in [9.17, 15) is 9.18 Å². The summed E-state index contributed by atoms with van der Waals surface area (Å²) in [5.74, 6) is -0.393. The molecule has 0 atom stereocenters. The molecule has 1 aromatic carbocycles. The van der Waals surface area contributed by atoms with Crippen LogP contribution in [0, 0.1) is 11.2 Å². The molecular weight excluding hydrogens is 243 g/mol. The summed E-state index contributed by atoms with van der Waals surface area (Å²) in [7, 11) is 1.67. The minimum absolute atomic E-state index is 0.0942. The lowest BCUT2D eigenvalue weighted by molar-refractivity contribution is -0.142. The molecule has 0 bridgehead atoms. The average molecular weight is 266 g/mol. The van der Waals surface area contributed by atoms with Gasteiger partial charge >= 0.3 is 0 Å². The van der Waals surface area contributed by atoms with Crippen molar-refractivity contribution in [2.75, 3.05) is 7.05 Å². The average Bonchev–Trinajstić information content (AvgIpc) is 2.29. The molecule has 0 aliphatic heterocycles. The Morgan fingerprint density at radius 3 is 2.26 bits per heavy atom. The molecule has 19 heavy (non-hydrogen) atoms. The van der Waals surface area contributed by atoms with Gasteiger partial charge in [0.15, 0.2) is 0 Å². The molecule has 0 aliphatic rings. The molecule has 0 heterocycles. The first-order chi connectivity index (χ1) is 8.57. The standard InChI is InChI=1S/C15H23FN2O/c1-14(2,15(3,4)17)13(19)18(5)10-11-8-6-7-9-12(11)16/h6-9H,10,17H2,1-5H3. The molecule has 0 aromatic heterocycles. The lowest BCUT2D eigenvalue weighted by Gasteiger charge is -2.39. The molecule has 0 saturated carbocycles. The number of carbonyl (C=O) groups excluding carboxylic acids is 1. The molecule has 0 unspecified atom stereocenters. The SMILES string of the molecule is CN(Cc1ccccc1F)C(=O)C(C)(C)C(C)(C)N. The molecule has 3 nitrogen and oxygen atoms in total. The molecule has 4 heteroatoms. The Labute approximate surface area is 114 Å². The maximum atomic E-state index is 13.6. The van der Waals surface area contributed by atoms with Gasteiger partial charge in [-0.3, -0.25) is 4.79 Å². The Hall–Kier alpha value is -1.42. The van der Waals surface area contributed by atoms with E-state index < -0.39 is 11.0 Å². The summed E-state index contributed by atoms with van der Waals surface area (Å²) < 4.78 is 13.6. The molecule has 1 rings (SSSR count). The smallest absolute Gasteiger partial charge is 0.230 e. The zero-order valence-electron chi connectivity index (χ0n) is 12.3. The number of benzene rings is 1.